The van der Waals surface area contributed by atoms with Crippen LogP contribution in [0.3, 0.4) is 0 Å². The SMILES string of the molecule is CC[C@H]1CCc2nc(C(=O)N[C@H]3COc4ccccc4N(C)C3=O)nn21. The summed E-state index contributed by atoms with van der Waals surface area (Å²) in [5.74, 6) is 0.861. The van der Waals surface area contributed by atoms with Gasteiger partial charge in [0.2, 0.25) is 5.82 Å². The number of carbonyl (C=O) groups excluding carboxylic acids is 2. The largest absolute Gasteiger partial charge is 0.489 e. The molecule has 1 aromatic carbocycles. The van der Waals surface area contributed by atoms with Gasteiger partial charge < -0.3 is 15.0 Å². The third-order valence-electron chi connectivity index (χ3n) is 4.99. The Kier molecular flexibility index (Phi) is 4.10. The van der Waals surface area contributed by atoms with Gasteiger partial charge in [0.1, 0.15) is 24.2 Å². The van der Waals surface area contributed by atoms with E-state index in [2.05, 4.69) is 22.3 Å². The number of para-hydroxylation sites is 2. The molecule has 3 heterocycles. The van der Waals surface area contributed by atoms with Crippen LogP contribution in [0.15, 0.2) is 24.3 Å². The molecule has 2 atom stereocenters. The van der Waals surface area contributed by atoms with Gasteiger partial charge in [-0.2, -0.15) is 0 Å². The van der Waals surface area contributed by atoms with Crippen LogP contribution in [-0.2, 0) is 11.2 Å². The molecule has 8 heteroatoms. The van der Waals surface area contributed by atoms with E-state index in [4.69, 9.17) is 4.74 Å². The minimum absolute atomic E-state index is 0.0665. The van der Waals surface area contributed by atoms with Crippen molar-refractivity contribution in [2.24, 2.45) is 0 Å². The van der Waals surface area contributed by atoms with Crippen molar-refractivity contribution in [3.05, 3.63) is 35.9 Å². The Morgan fingerprint density at radius 2 is 2.19 bits per heavy atom. The van der Waals surface area contributed by atoms with Crippen molar-refractivity contribution in [3.8, 4) is 5.75 Å². The van der Waals surface area contributed by atoms with Crippen LogP contribution in [0.1, 0.15) is 42.3 Å². The molecule has 4 rings (SSSR count). The number of hydrogen-bond acceptors (Lipinski definition) is 5. The van der Waals surface area contributed by atoms with Crippen LogP contribution >= 0.6 is 0 Å². The van der Waals surface area contributed by atoms with E-state index in [-0.39, 0.29) is 18.3 Å². The summed E-state index contributed by atoms with van der Waals surface area (Å²) in [5, 5.41) is 7.06. The van der Waals surface area contributed by atoms with E-state index in [0.29, 0.717) is 17.5 Å². The van der Waals surface area contributed by atoms with Gasteiger partial charge in [0.15, 0.2) is 0 Å². The van der Waals surface area contributed by atoms with E-state index in [9.17, 15) is 9.59 Å². The molecule has 0 unspecified atom stereocenters. The predicted octanol–water partition coefficient (Wildman–Crippen LogP) is 1.33. The van der Waals surface area contributed by atoms with E-state index in [1.165, 1.54) is 4.90 Å². The smallest absolute Gasteiger partial charge is 0.291 e. The van der Waals surface area contributed by atoms with Crippen molar-refractivity contribution in [3.63, 3.8) is 0 Å². The van der Waals surface area contributed by atoms with Gasteiger partial charge in [0.25, 0.3) is 11.8 Å². The molecule has 0 aliphatic carbocycles. The number of hydrogen-bond donors (Lipinski definition) is 1. The van der Waals surface area contributed by atoms with Gasteiger partial charge in [-0.15, -0.1) is 5.10 Å². The number of likely N-dealkylation sites (N-methyl/N-ethyl adjacent to an activating group) is 1. The number of fused-ring (bicyclic) bond motifs is 2. The molecular weight excluding hydrogens is 334 g/mol. The third kappa shape index (κ3) is 2.71. The maximum atomic E-state index is 12.7. The van der Waals surface area contributed by atoms with Crippen molar-refractivity contribution in [2.45, 2.75) is 38.3 Å². The molecule has 136 valence electrons. The normalized spacial score (nSPS) is 21.6. The Labute approximate surface area is 151 Å². The number of aromatic nitrogens is 3. The van der Waals surface area contributed by atoms with E-state index < -0.39 is 11.9 Å². The zero-order valence-corrected chi connectivity index (χ0v) is 14.8. The third-order valence-corrected chi connectivity index (χ3v) is 4.99. The zero-order chi connectivity index (χ0) is 18.3. The Morgan fingerprint density at radius 3 is 3.00 bits per heavy atom. The fourth-order valence-corrected chi connectivity index (χ4v) is 3.49. The van der Waals surface area contributed by atoms with Crippen LogP contribution in [0.4, 0.5) is 5.69 Å². The molecule has 1 N–H and O–H groups in total. The van der Waals surface area contributed by atoms with Gasteiger partial charge in [0, 0.05) is 13.5 Å². The number of amides is 2. The highest BCUT2D eigenvalue weighted by molar-refractivity contribution is 6.02. The number of benzene rings is 1. The minimum Gasteiger partial charge on any atom is -0.489 e. The van der Waals surface area contributed by atoms with Crippen molar-refractivity contribution < 1.29 is 14.3 Å². The second-order valence-electron chi connectivity index (χ2n) is 6.60. The topological polar surface area (TPSA) is 89.3 Å². The molecule has 2 amide bonds. The molecule has 0 bridgehead atoms. The van der Waals surface area contributed by atoms with Crippen molar-refractivity contribution in [1.82, 2.24) is 20.1 Å². The van der Waals surface area contributed by atoms with Crippen LogP contribution in [-0.4, -0.2) is 46.3 Å². The Morgan fingerprint density at radius 1 is 1.38 bits per heavy atom. The van der Waals surface area contributed by atoms with E-state index in [1.54, 1.807) is 13.1 Å². The molecule has 2 aliphatic rings. The number of nitrogens with zero attached hydrogens (tertiary/aromatic N) is 4. The minimum atomic E-state index is -0.791. The lowest BCUT2D eigenvalue weighted by Gasteiger charge is -2.19. The average Bonchev–Trinajstić information content (AvgIpc) is 3.21. The van der Waals surface area contributed by atoms with Gasteiger partial charge in [-0.05, 0) is 25.0 Å². The van der Waals surface area contributed by atoms with Crippen molar-refractivity contribution in [2.75, 3.05) is 18.6 Å². The number of aryl methyl sites for hydroxylation is 1. The first-order chi connectivity index (χ1) is 12.6. The Bertz CT molecular complexity index is 862. The first-order valence-corrected chi connectivity index (χ1v) is 8.84. The molecule has 26 heavy (non-hydrogen) atoms. The van der Waals surface area contributed by atoms with Gasteiger partial charge in [0.05, 0.1) is 11.7 Å². The summed E-state index contributed by atoms with van der Waals surface area (Å²) >= 11 is 0. The lowest BCUT2D eigenvalue weighted by Crippen LogP contribution is -2.49. The molecule has 0 saturated carbocycles. The highest BCUT2D eigenvalue weighted by Gasteiger charge is 2.32. The summed E-state index contributed by atoms with van der Waals surface area (Å²) in [5.41, 5.74) is 0.680. The number of carbonyl (C=O) groups is 2. The predicted molar refractivity (Wildman–Crippen MR) is 94.3 cm³/mol. The first-order valence-electron chi connectivity index (χ1n) is 8.84. The molecular formula is C18H21N5O3. The highest BCUT2D eigenvalue weighted by atomic mass is 16.5. The van der Waals surface area contributed by atoms with Crippen LogP contribution < -0.4 is 15.0 Å². The molecule has 0 saturated heterocycles. The number of nitrogens with one attached hydrogen (secondary N) is 1. The summed E-state index contributed by atoms with van der Waals surface area (Å²) in [6.45, 7) is 2.16. The van der Waals surface area contributed by atoms with E-state index >= 15 is 0 Å². The molecule has 2 aliphatic heterocycles. The van der Waals surface area contributed by atoms with Gasteiger partial charge in [-0.3, -0.25) is 9.59 Å². The Hall–Kier alpha value is -2.90. The maximum Gasteiger partial charge on any atom is 0.291 e. The van der Waals surface area contributed by atoms with Crippen LogP contribution in [0, 0.1) is 0 Å². The summed E-state index contributed by atoms with van der Waals surface area (Å²) in [6, 6.07) is 6.80. The Balaban J connectivity index is 1.51. The first kappa shape index (κ1) is 16.6. The zero-order valence-electron chi connectivity index (χ0n) is 14.8. The average molecular weight is 355 g/mol. The lowest BCUT2D eigenvalue weighted by atomic mass is 10.2. The van der Waals surface area contributed by atoms with Crippen molar-refractivity contribution >= 4 is 17.5 Å². The molecule has 0 fully saturated rings. The summed E-state index contributed by atoms with van der Waals surface area (Å²) < 4.78 is 7.55. The molecule has 0 radical (unpaired) electrons. The van der Waals surface area contributed by atoms with E-state index in [1.807, 2.05) is 22.9 Å². The van der Waals surface area contributed by atoms with Gasteiger partial charge in [-0.1, -0.05) is 19.1 Å². The fourth-order valence-electron chi connectivity index (χ4n) is 3.49. The summed E-state index contributed by atoms with van der Waals surface area (Å²) in [7, 11) is 1.67. The van der Waals surface area contributed by atoms with Crippen molar-refractivity contribution in [1.29, 1.82) is 0 Å². The lowest BCUT2D eigenvalue weighted by molar-refractivity contribution is -0.120. The molecule has 0 spiro atoms. The standard InChI is InChI=1S/C18H21N5O3/c1-3-11-8-9-15-20-16(21-23(11)15)17(24)19-12-10-26-14-7-5-4-6-13(14)22(2)18(12)25/h4-7,11-12H,3,8-10H2,1-2H3,(H,19,24)/t11-,12-/m0/s1. The number of rotatable bonds is 3. The molecule has 2 aromatic rings. The van der Waals surface area contributed by atoms with Crippen LogP contribution in [0.25, 0.3) is 0 Å². The maximum absolute atomic E-state index is 12.7. The van der Waals surface area contributed by atoms with Gasteiger partial charge >= 0.3 is 0 Å². The number of anilines is 1. The van der Waals surface area contributed by atoms with Gasteiger partial charge in [-0.25, -0.2) is 9.67 Å². The highest BCUT2D eigenvalue weighted by Crippen LogP contribution is 2.30. The van der Waals surface area contributed by atoms with E-state index in [0.717, 1.165) is 25.1 Å². The summed E-state index contributed by atoms with van der Waals surface area (Å²) in [6.07, 6.45) is 2.78. The molecule has 8 nitrogen and oxygen atoms in total. The second-order valence-corrected chi connectivity index (χ2v) is 6.60. The summed E-state index contributed by atoms with van der Waals surface area (Å²) in [4.78, 5) is 31.1. The fraction of sp³-hybridized carbons (Fsp3) is 0.444. The monoisotopic (exact) mass is 355 g/mol. The second kappa shape index (κ2) is 6.44. The molecule has 1 aromatic heterocycles. The van der Waals surface area contributed by atoms with Crippen LogP contribution in [0.5, 0.6) is 5.75 Å². The van der Waals surface area contributed by atoms with Crippen LogP contribution in [0.2, 0.25) is 0 Å². The quantitative estimate of drug-likeness (QED) is 0.897. The number of ether oxygens (including phenoxy) is 1.